The van der Waals surface area contributed by atoms with E-state index in [1.165, 1.54) is 0 Å². The number of rotatable bonds is 7. The van der Waals surface area contributed by atoms with E-state index in [4.69, 9.17) is 4.52 Å². The molecule has 3 aromatic rings. The minimum atomic E-state index is -0.238. The van der Waals surface area contributed by atoms with E-state index in [1.807, 2.05) is 12.3 Å². The molecule has 0 aromatic carbocycles. The second-order valence-corrected chi connectivity index (χ2v) is 7.84. The molecule has 0 saturated heterocycles. The van der Waals surface area contributed by atoms with Crippen molar-refractivity contribution in [3.63, 3.8) is 0 Å². The minimum absolute atomic E-state index is 0.229. The Morgan fingerprint density at radius 3 is 3.17 bits per heavy atom. The number of aromatic nitrogens is 4. The lowest BCUT2D eigenvalue weighted by Crippen LogP contribution is -2.33. The molecule has 4 heterocycles. The minimum Gasteiger partial charge on any atom is -0.393 e. The lowest BCUT2D eigenvalue weighted by atomic mass is 10.1. The summed E-state index contributed by atoms with van der Waals surface area (Å²) in [5, 5.41) is 17.8. The molecule has 1 fully saturated rings. The first-order valence-corrected chi connectivity index (χ1v) is 10.2. The average Bonchev–Trinajstić information content (AvgIpc) is 3.33. The Labute approximate surface area is 167 Å². The molecule has 1 aliphatic carbocycles. The predicted octanol–water partition coefficient (Wildman–Crippen LogP) is 1.79. The van der Waals surface area contributed by atoms with E-state index in [2.05, 4.69) is 30.3 Å². The van der Waals surface area contributed by atoms with E-state index in [0.29, 0.717) is 31.1 Å². The number of hydrogen-bond donors (Lipinski definition) is 3. The SMILES string of the molecule is O=C(NCCCC(O)C1CC1)c1noc2c1CN(c1ncnc3[nH]ccc13)CC2. The topological polar surface area (TPSA) is 120 Å². The van der Waals surface area contributed by atoms with E-state index >= 15 is 0 Å². The molecule has 1 unspecified atom stereocenters. The molecule has 0 radical (unpaired) electrons. The van der Waals surface area contributed by atoms with Gasteiger partial charge in [0.2, 0.25) is 0 Å². The molecule has 29 heavy (non-hydrogen) atoms. The molecule has 9 heteroatoms. The number of nitrogens with zero attached hydrogens (tertiary/aromatic N) is 4. The van der Waals surface area contributed by atoms with Gasteiger partial charge in [-0.15, -0.1) is 0 Å². The van der Waals surface area contributed by atoms with Crippen molar-refractivity contribution >= 4 is 22.8 Å². The van der Waals surface area contributed by atoms with Gasteiger partial charge < -0.3 is 24.8 Å². The lowest BCUT2D eigenvalue weighted by molar-refractivity contribution is 0.0936. The molecular formula is C20H24N6O3. The summed E-state index contributed by atoms with van der Waals surface area (Å²) in [6.07, 6.45) is 7.53. The smallest absolute Gasteiger partial charge is 0.273 e. The van der Waals surface area contributed by atoms with E-state index in [-0.39, 0.29) is 12.0 Å². The van der Waals surface area contributed by atoms with Crippen LogP contribution in [-0.4, -0.2) is 50.3 Å². The third kappa shape index (κ3) is 3.57. The summed E-state index contributed by atoms with van der Waals surface area (Å²) in [5.41, 5.74) is 1.94. The first kappa shape index (κ1) is 18.1. The van der Waals surface area contributed by atoms with Crippen LogP contribution in [0.5, 0.6) is 0 Å². The van der Waals surface area contributed by atoms with Crippen LogP contribution in [0, 0.1) is 5.92 Å². The number of amides is 1. The van der Waals surface area contributed by atoms with Gasteiger partial charge in [-0.2, -0.15) is 0 Å². The van der Waals surface area contributed by atoms with Crippen LogP contribution in [0.25, 0.3) is 11.0 Å². The molecule has 152 valence electrons. The number of aliphatic hydroxyl groups excluding tert-OH is 1. The standard InChI is InChI=1S/C20H24N6O3/c27-15(12-3-4-12)2-1-7-22-20(28)17-14-10-26(9-6-16(14)29-25-17)19-13-5-8-21-18(13)23-11-24-19/h5,8,11-12,15,27H,1-4,6-7,9-10H2,(H,22,28)(H,21,23,24). The molecule has 1 atom stereocenters. The van der Waals surface area contributed by atoms with Gasteiger partial charge in [0.1, 0.15) is 23.6 Å². The van der Waals surface area contributed by atoms with Crippen molar-refractivity contribution in [3.8, 4) is 0 Å². The van der Waals surface area contributed by atoms with Gasteiger partial charge in [-0.05, 0) is 37.7 Å². The van der Waals surface area contributed by atoms with Gasteiger partial charge in [-0.25, -0.2) is 9.97 Å². The summed E-state index contributed by atoms with van der Waals surface area (Å²) in [6.45, 7) is 1.77. The van der Waals surface area contributed by atoms with Gasteiger partial charge in [0.05, 0.1) is 18.0 Å². The van der Waals surface area contributed by atoms with Crippen LogP contribution in [-0.2, 0) is 13.0 Å². The summed E-state index contributed by atoms with van der Waals surface area (Å²) in [6, 6.07) is 1.96. The van der Waals surface area contributed by atoms with E-state index in [1.54, 1.807) is 6.33 Å². The maximum atomic E-state index is 12.6. The molecule has 1 saturated carbocycles. The number of hydrogen-bond acceptors (Lipinski definition) is 7. The second kappa shape index (κ2) is 7.47. The van der Waals surface area contributed by atoms with Crippen molar-refractivity contribution in [1.29, 1.82) is 0 Å². The molecule has 0 bridgehead atoms. The lowest BCUT2D eigenvalue weighted by Gasteiger charge is -2.27. The summed E-state index contributed by atoms with van der Waals surface area (Å²) in [7, 11) is 0. The molecule has 5 rings (SSSR count). The Morgan fingerprint density at radius 1 is 1.41 bits per heavy atom. The monoisotopic (exact) mass is 396 g/mol. The van der Waals surface area contributed by atoms with Gasteiger partial charge >= 0.3 is 0 Å². The van der Waals surface area contributed by atoms with Gasteiger partial charge in [-0.3, -0.25) is 4.79 Å². The second-order valence-electron chi connectivity index (χ2n) is 7.84. The highest BCUT2D eigenvalue weighted by molar-refractivity contribution is 5.94. The Hall–Kier alpha value is -2.94. The predicted molar refractivity (Wildman–Crippen MR) is 105 cm³/mol. The number of carbonyl (C=O) groups is 1. The molecule has 3 aromatic heterocycles. The van der Waals surface area contributed by atoms with Crippen LogP contribution < -0.4 is 10.2 Å². The third-order valence-corrected chi connectivity index (χ3v) is 5.80. The Bertz CT molecular complexity index is 1020. The fourth-order valence-electron chi connectivity index (χ4n) is 3.99. The number of nitrogens with one attached hydrogen (secondary N) is 2. The van der Waals surface area contributed by atoms with Crippen molar-refractivity contribution in [2.45, 2.75) is 44.8 Å². The number of H-pyrrole nitrogens is 1. The van der Waals surface area contributed by atoms with Crippen LogP contribution in [0.4, 0.5) is 5.82 Å². The summed E-state index contributed by atoms with van der Waals surface area (Å²) in [4.78, 5) is 26.6. The normalized spacial score (nSPS) is 17.3. The number of carbonyl (C=O) groups excluding carboxylic acids is 1. The van der Waals surface area contributed by atoms with Crippen molar-refractivity contribution in [2.75, 3.05) is 18.0 Å². The van der Waals surface area contributed by atoms with E-state index < -0.39 is 0 Å². The highest BCUT2D eigenvalue weighted by Gasteiger charge is 2.30. The Kier molecular flexibility index (Phi) is 4.67. The van der Waals surface area contributed by atoms with Crippen molar-refractivity contribution in [1.82, 2.24) is 25.4 Å². The number of anilines is 1. The van der Waals surface area contributed by atoms with Crippen molar-refractivity contribution in [2.24, 2.45) is 5.92 Å². The summed E-state index contributed by atoms with van der Waals surface area (Å²) < 4.78 is 5.43. The summed E-state index contributed by atoms with van der Waals surface area (Å²) >= 11 is 0. The van der Waals surface area contributed by atoms with Gasteiger partial charge in [0.15, 0.2) is 5.69 Å². The fraction of sp³-hybridized carbons (Fsp3) is 0.500. The van der Waals surface area contributed by atoms with Crippen LogP contribution >= 0.6 is 0 Å². The molecule has 3 N–H and O–H groups in total. The van der Waals surface area contributed by atoms with Crippen LogP contribution in [0.1, 0.15) is 47.5 Å². The number of aliphatic hydroxyl groups is 1. The van der Waals surface area contributed by atoms with Gasteiger partial charge in [-0.1, -0.05) is 5.16 Å². The number of fused-ring (bicyclic) bond motifs is 2. The quantitative estimate of drug-likeness (QED) is 0.521. The maximum absolute atomic E-state index is 12.6. The highest BCUT2D eigenvalue weighted by atomic mass is 16.5. The zero-order valence-corrected chi connectivity index (χ0v) is 16.1. The summed E-state index contributed by atoms with van der Waals surface area (Å²) in [5.74, 6) is 1.83. The first-order chi connectivity index (χ1) is 14.2. The molecule has 2 aliphatic rings. The Balaban J connectivity index is 1.25. The maximum Gasteiger partial charge on any atom is 0.273 e. The number of aromatic amines is 1. The third-order valence-electron chi connectivity index (χ3n) is 5.80. The van der Waals surface area contributed by atoms with Gasteiger partial charge in [0.25, 0.3) is 5.91 Å². The first-order valence-electron chi connectivity index (χ1n) is 10.2. The molecule has 1 amide bonds. The molecule has 0 spiro atoms. The molecule has 1 aliphatic heterocycles. The van der Waals surface area contributed by atoms with Gasteiger partial charge in [0, 0.05) is 31.3 Å². The fourth-order valence-corrected chi connectivity index (χ4v) is 3.99. The molecule has 9 nitrogen and oxygen atoms in total. The zero-order chi connectivity index (χ0) is 19.8. The largest absolute Gasteiger partial charge is 0.393 e. The van der Waals surface area contributed by atoms with Crippen molar-refractivity contribution in [3.05, 3.63) is 35.6 Å². The van der Waals surface area contributed by atoms with Crippen LogP contribution in [0.3, 0.4) is 0 Å². The van der Waals surface area contributed by atoms with Crippen LogP contribution in [0.15, 0.2) is 23.1 Å². The van der Waals surface area contributed by atoms with E-state index in [0.717, 1.165) is 60.4 Å². The molecular weight excluding hydrogens is 372 g/mol. The van der Waals surface area contributed by atoms with E-state index in [9.17, 15) is 9.90 Å². The van der Waals surface area contributed by atoms with Crippen LogP contribution in [0.2, 0.25) is 0 Å². The zero-order valence-electron chi connectivity index (χ0n) is 16.1. The Morgan fingerprint density at radius 2 is 2.31 bits per heavy atom. The highest BCUT2D eigenvalue weighted by Crippen LogP contribution is 2.34. The average molecular weight is 396 g/mol. The van der Waals surface area contributed by atoms with Crippen molar-refractivity contribution < 1.29 is 14.4 Å².